The molecule has 1 aromatic carbocycles. The Balaban J connectivity index is 1.85. The first-order valence-electron chi connectivity index (χ1n) is 8.32. The molecule has 4 nitrogen and oxygen atoms in total. The standard InChI is InChI=1S/C18H19F3N2O2/c19-18(20,21)25-17-7-6-14(12-24)8-16(17)15-9-22-23(11-15)10-13-4-2-1-3-5-13/h6-9,11-13H,1-5,10H2. The lowest BCUT2D eigenvalue weighted by atomic mass is 9.89. The number of rotatable bonds is 5. The van der Waals surface area contributed by atoms with Crippen LogP contribution in [0.2, 0.25) is 0 Å². The van der Waals surface area contributed by atoms with Crippen molar-refractivity contribution in [3.63, 3.8) is 0 Å². The molecule has 0 aliphatic heterocycles. The van der Waals surface area contributed by atoms with Crippen LogP contribution < -0.4 is 4.74 Å². The third-order valence-corrected chi connectivity index (χ3v) is 4.48. The minimum absolute atomic E-state index is 0.205. The number of aldehydes is 1. The average Bonchev–Trinajstić information content (AvgIpc) is 3.03. The Kier molecular flexibility index (Phi) is 5.11. The zero-order chi connectivity index (χ0) is 17.9. The van der Waals surface area contributed by atoms with Gasteiger partial charge in [0.1, 0.15) is 12.0 Å². The summed E-state index contributed by atoms with van der Waals surface area (Å²) < 4.78 is 43.7. The molecule has 7 heteroatoms. The predicted octanol–water partition coefficient (Wildman–Crippen LogP) is 4.84. The monoisotopic (exact) mass is 352 g/mol. The van der Waals surface area contributed by atoms with E-state index in [1.165, 1.54) is 37.6 Å². The highest BCUT2D eigenvalue weighted by Crippen LogP contribution is 2.34. The summed E-state index contributed by atoms with van der Waals surface area (Å²) in [7, 11) is 0. The summed E-state index contributed by atoms with van der Waals surface area (Å²) in [5, 5.41) is 4.27. The molecule has 2 aromatic rings. The molecule has 0 unspecified atom stereocenters. The minimum Gasteiger partial charge on any atom is -0.405 e. The third kappa shape index (κ3) is 4.61. The molecule has 0 saturated heterocycles. The Bertz CT molecular complexity index is 734. The van der Waals surface area contributed by atoms with Crippen molar-refractivity contribution >= 4 is 6.29 Å². The Hall–Kier alpha value is -2.31. The van der Waals surface area contributed by atoms with E-state index in [1.54, 1.807) is 10.9 Å². The summed E-state index contributed by atoms with van der Waals surface area (Å²) in [4.78, 5) is 11.0. The van der Waals surface area contributed by atoms with Crippen LogP contribution >= 0.6 is 0 Å². The Labute approximate surface area is 143 Å². The number of benzene rings is 1. The number of carbonyl (C=O) groups is 1. The first-order chi connectivity index (χ1) is 11.9. The summed E-state index contributed by atoms with van der Waals surface area (Å²) >= 11 is 0. The van der Waals surface area contributed by atoms with Gasteiger partial charge in [0.25, 0.3) is 0 Å². The van der Waals surface area contributed by atoms with Crippen molar-refractivity contribution < 1.29 is 22.7 Å². The van der Waals surface area contributed by atoms with E-state index in [0.717, 1.165) is 25.5 Å². The molecule has 134 valence electrons. The molecule has 1 aliphatic carbocycles. The largest absolute Gasteiger partial charge is 0.573 e. The van der Waals surface area contributed by atoms with Gasteiger partial charge in [-0.3, -0.25) is 9.48 Å². The van der Waals surface area contributed by atoms with Crippen LogP contribution in [0.4, 0.5) is 13.2 Å². The van der Waals surface area contributed by atoms with E-state index >= 15 is 0 Å². The van der Waals surface area contributed by atoms with Crippen LogP contribution in [0, 0.1) is 5.92 Å². The van der Waals surface area contributed by atoms with Gasteiger partial charge in [-0.15, -0.1) is 13.2 Å². The van der Waals surface area contributed by atoms with E-state index in [-0.39, 0.29) is 16.9 Å². The van der Waals surface area contributed by atoms with Crippen LogP contribution in [0.15, 0.2) is 30.6 Å². The molecule has 0 amide bonds. The fourth-order valence-electron chi connectivity index (χ4n) is 3.30. The topological polar surface area (TPSA) is 44.1 Å². The van der Waals surface area contributed by atoms with Crippen molar-refractivity contribution in [1.82, 2.24) is 9.78 Å². The van der Waals surface area contributed by atoms with Crippen LogP contribution in [0.1, 0.15) is 42.5 Å². The molecule has 0 spiro atoms. The van der Waals surface area contributed by atoms with Crippen molar-refractivity contribution in [2.45, 2.75) is 45.0 Å². The second kappa shape index (κ2) is 7.29. The Morgan fingerprint density at radius 1 is 1.24 bits per heavy atom. The second-order valence-corrected chi connectivity index (χ2v) is 6.38. The van der Waals surface area contributed by atoms with E-state index in [1.807, 2.05) is 0 Å². The van der Waals surface area contributed by atoms with Crippen LogP contribution in [-0.2, 0) is 6.54 Å². The van der Waals surface area contributed by atoms with E-state index in [2.05, 4.69) is 9.84 Å². The van der Waals surface area contributed by atoms with Crippen LogP contribution in [-0.4, -0.2) is 22.4 Å². The zero-order valence-corrected chi connectivity index (χ0v) is 13.6. The first kappa shape index (κ1) is 17.5. The lowest BCUT2D eigenvalue weighted by molar-refractivity contribution is -0.274. The maximum absolute atomic E-state index is 12.6. The van der Waals surface area contributed by atoms with Crippen LogP contribution in [0.5, 0.6) is 5.75 Å². The molecule has 25 heavy (non-hydrogen) atoms. The number of alkyl halides is 3. The molecule has 1 aliphatic rings. The van der Waals surface area contributed by atoms with Gasteiger partial charge < -0.3 is 4.74 Å². The molecule has 1 fully saturated rings. The van der Waals surface area contributed by atoms with Crippen LogP contribution in [0.3, 0.4) is 0 Å². The number of ether oxygens (including phenoxy) is 1. The number of nitrogens with zero attached hydrogens (tertiary/aromatic N) is 2. The maximum Gasteiger partial charge on any atom is 0.573 e. The summed E-state index contributed by atoms with van der Waals surface area (Å²) in [6.07, 6.45) is 5.00. The van der Waals surface area contributed by atoms with Crippen molar-refractivity contribution in [2.24, 2.45) is 5.92 Å². The highest BCUT2D eigenvalue weighted by atomic mass is 19.4. The fraction of sp³-hybridized carbons (Fsp3) is 0.444. The van der Waals surface area contributed by atoms with Crippen LogP contribution in [0.25, 0.3) is 11.1 Å². The van der Waals surface area contributed by atoms with Crippen molar-refractivity contribution in [2.75, 3.05) is 0 Å². The molecule has 1 aromatic heterocycles. The fourth-order valence-corrected chi connectivity index (χ4v) is 3.30. The predicted molar refractivity (Wildman–Crippen MR) is 86.3 cm³/mol. The van der Waals surface area contributed by atoms with Crippen molar-refractivity contribution in [3.8, 4) is 16.9 Å². The molecule has 1 saturated carbocycles. The van der Waals surface area contributed by atoms with Gasteiger partial charge in [0.2, 0.25) is 0 Å². The smallest absolute Gasteiger partial charge is 0.405 e. The average molecular weight is 352 g/mol. The normalized spacial score (nSPS) is 16.0. The van der Waals surface area contributed by atoms with E-state index in [9.17, 15) is 18.0 Å². The zero-order valence-electron chi connectivity index (χ0n) is 13.6. The third-order valence-electron chi connectivity index (χ3n) is 4.48. The number of carbonyl (C=O) groups excluding carboxylic acids is 1. The van der Waals surface area contributed by atoms with Gasteiger partial charge in [-0.1, -0.05) is 19.3 Å². The molecule has 0 atom stereocenters. The summed E-state index contributed by atoms with van der Waals surface area (Å²) in [5.74, 6) is 0.212. The van der Waals surface area contributed by atoms with Gasteiger partial charge in [0.15, 0.2) is 0 Å². The Morgan fingerprint density at radius 3 is 2.68 bits per heavy atom. The van der Waals surface area contributed by atoms with Gasteiger partial charge in [0.05, 0.1) is 6.20 Å². The quantitative estimate of drug-likeness (QED) is 0.723. The molecule has 3 rings (SSSR count). The molecule has 0 bridgehead atoms. The van der Waals surface area contributed by atoms with Gasteiger partial charge in [0, 0.05) is 29.4 Å². The maximum atomic E-state index is 12.6. The highest BCUT2D eigenvalue weighted by molar-refractivity contribution is 5.81. The summed E-state index contributed by atoms with van der Waals surface area (Å²) in [5.41, 5.74) is 0.986. The van der Waals surface area contributed by atoms with Gasteiger partial charge in [-0.25, -0.2) is 0 Å². The number of hydrogen-bond acceptors (Lipinski definition) is 3. The molecular weight excluding hydrogens is 333 g/mol. The first-order valence-corrected chi connectivity index (χ1v) is 8.32. The van der Waals surface area contributed by atoms with Gasteiger partial charge >= 0.3 is 6.36 Å². The highest BCUT2D eigenvalue weighted by Gasteiger charge is 2.32. The lowest BCUT2D eigenvalue weighted by Gasteiger charge is -2.21. The lowest BCUT2D eigenvalue weighted by Crippen LogP contribution is -2.17. The summed E-state index contributed by atoms with van der Waals surface area (Å²) in [6.45, 7) is 0.753. The number of hydrogen-bond donors (Lipinski definition) is 0. The minimum atomic E-state index is -4.80. The van der Waals surface area contributed by atoms with E-state index in [0.29, 0.717) is 17.8 Å². The van der Waals surface area contributed by atoms with Crippen molar-refractivity contribution in [3.05, 3.63) is 36.2 Å². The Morgan fingerprint density at radius 2 is 2.00 bits per heavy atom. The van der Waals surface area contributed by atoms with Gasteiger partial charge in [-0.2, -0.15) is 5.10 Å². The van der Waals surface area contributed by atoms with Crippen molar-refractivity contribution in [1.29, 1.82) is 0 Å². The number of aromatic nitrogens is 2. The van der Waals surface area contributed by atoms with E-state index in [4.69, 9.17) is 0 Å². The number of halogens is 3. The SMILES string of the molecule is O=Cc1ccc(OC(F)(F)F)c(-c2cnn(CC3CCCCC3)c2)c1. The molecular formula is C18H19F3N2O2. The molecule has 1 heterocycles. The second-order valence-electron chi connectivity index (χ2n) is 6.38. The van der Waals surface area contributed by atoms with E-state index < -0.39 is 6.36 Å². The van der Waals surface area contributed by atoms with Gasteiger partial charge in [-0.05, 0) is 37.0 Å². The molecule has 0 radical (unpaired) electrons. The summed E-state index contributed by atoms with van der Waals surface area (Å²) in [6, 6.07) is 3.84. The molecule has 0 N–H and O–H groups in total.